The van der Waals surface area contributed by atoms with Gasteiger partial charge < -0.3 is 57.8 Å². The third-order valence-corrected chi connectivity index (χ3v) is 17.8. The van der Waals surface area contributed by atoms with Crippen molar-refractivity contribution < 1.29 is 34.5 Å². The van der Waals surface area contributed by atoms with Crippen LogP contribution >= 0.6 is 0 Å². The van der Waals surface area contributed by atoms with Gasteiger partial charge in [-0.1, -0.05) is 48.5 Å². The molecule has 4 atom stereocenters. The Bertz CT molecular complexity index is 6180. The van der Waals surface area contributed by atoms with Gasteiger partial charge in [0.1, 0.15) is 11.4 Å². The monoisotopic (exact) mass is 1530 g/mol. The molecule has 8 N–H and O–H groups in total. The van der Waals surface area contributed by atoms with Gasteiger partial charge in [0.25, 0.3) is 24.1 Å². The van der Waals surface area contributed by atoms with Crippen LogP contribution in [0.5, 0.6) is 0 Å². The summed E-state index contributed by atoms with van der Waals surface area (Å²) in [6.07, 6.45) is 33.6. The minimum absolute atomic E-state index is 0.339. The van der Waals surface area contributed by atoms with Gasteiger partial charge in [0.05, 0.1) is 48.9 Å². The number of benzene rings is 5. The molecule has 32 heteroatoms. The molecule has 4 unspecified atom stereocenters. The Hall–Kier alpha value is -13.7. The Balaban J connectivity index is 0.000000128. The standard InChI is InChI=1S/C22H20N4O2S.2C19H17N5O2S.C17H16N6O2S/c1-29(2,27)26-20-5-3-4-19(14-20)25-22-24-15-21(28-22)18-8-6-16(7-9-18)17-10-12-23-13-11-17;1-27(2,25)24-16-5-3-4-15(9-16)23-19-22-12-18(26-19)17-8-13-6-7-20-10-14(13)11-21-17;1-27(2,25)24-16-5-3-4-15(9-16)23-19-22-12-18(26-19)14-8-13-6-7-20-11-17(13)21-10-14;1-26(2,24)22-13-5-3-4-12(8-13)21-17-20-10-15(25-17)14-9-19-16-11-18-6-7-23(14)16/h3-15H,1H2,2H3,(H,24,25)(H,26,27);2*3-12H,1H2,2H3,(H,22,23)(H,24,25);3-11H,1H2,2H3,(H,20,21)(H,22,24). The zero-order chi connectivity index (χ0) is 76.1. The zero-order valence-electron chi connectivity index (χ0n) is 58.8. The fraction of sp³-hybridized carbons (Fsp3) is 0.0519. The highest BCUT2D eigenvalue weighted by atomic mass is 32.2. The molecule has 0 aliphatic carbocycles. The molecule has 28 nitrogen and oxygen atoms in total. The molecule has 0 amide bonds. The van der Waals surface area contributed by atoms with Crippen molar-refractivity contribution in [2.45, 2.75) is 0 Å². The highest BCUT2D eigenvalue weighted by Gasteiger charge is 2.16. The van der Waals surface area contributed by atoms with E-state index in [1.54, 1.807) is 130 Å². The maximum absolute atomic E-state index is 11.8. The maximum Gasteiger partial charge on any atom is 0.299 e. The van der Waals surface area contributed by atoms with Crippen molar-refractivity contribution in [1.82, 2.24) is 59.2 Å². The van der Waals surface area contributed by atoms with Gasteiger partial charge >= 0.3 is 0 Å². The van der Waals surface area contributed by atoms with E-state index < -0.39 is 38.8 Å². The third-order valence-electron chi connectivity index (χ3n) is 15.1. The normalized spacial score (nSPS) is 13.2. The summed E-state index contributed by atoms with van der Waals surface area (Å²) in [6, 6.07) is 50.4. The summed E-state index contributed by atoms with van der Waals surface area (Å²) >= 11 is 0. The first-order valence-electron chi connectivity index (χ1n) is 32.8. The van der Waals surface area contributed by atoms with Crippen LogP contribution in [0.15, 0.2) is 275 Å². The highest BCUT2D eigenvalue weighted by molar-refractivity contribution is 8.01. The first-order valence-corrected chi connectivity index (χ1v) is 41.3. The van der Waals surface area contributed by atoms with Gasteiger partial charge in [0.15, 0.2) is 28.7 Å². The molecule has 16 aromatic rings. The fourth-order valence-electron chi connectivity index (χ4n) is 10.6. The van der Waals surface area contributed by atoms with Crippen LogP contribution in [0.25, 0.3) is 84.0 Å². The van der Waals surface area contributed by atoms with Gasteiger partial charge in [0, 0.05) is 187 Å². The number of anilines is 12. The Kier molecular flexibility index (Phi) is 21.9. The Labute approximate surface area is 627 Å². The number of hydrogen-bond acceptors (Lipinski definition) is 23. The van der Waals surface area contributed by atoms with Crippen molar-refractivity contribution in [2.75, 3.05) is 65.2 Å². The number of imidazole rings is 1. The van der Waals surface area contributed by atoms with E-state index in [9.17, 15) is 16.8 Å². The van der Waals surface area contributed by atoms with E-state index in [0.717, 1.165) is 78.0 Å². The number of nitrogens with one attached hydrogen (secondary N) is 8. The van der Waals surface area contributed by atoms with Crippen LogP contribution in [0, 0.1) is 0 Å². The lowest BCUT2D eigenvalue weighted by Crippen LogP contribution is -2.09. The van der Waals surface area contributed by atoms with Crippen LogP contribution < -0.4 is 40.2 Å². The molecule has 550 valence electrons. The van der Waals surface area contributed by atoms with Gasteiger partial charge in [-0.25, -0.2) is 41.8 Å². The second kappa shape index (κ2) is 32.4. The first kappa shape index (κ1) is 73.6. The van der Waals surface area contributed by atoms with E-state index in [2.05, 4.69) is 118 Å². The highest BCUT2D eigenvalue weighted by Crippen LogP contribution is 2.33. The smallest absolute Gasteiger partial charge is 0.299 e. The Morgan fingerprint density at radius 2 is 0.734 bits per heavy atom. The molecule has 0 saturated heterocycles. The van der Waals surface area contributed by atoms with Gasteiger partial charge in [-0.15, -0.1) is 0 Å². The van der Waals surface area contributed by atoms with Crippen LogP contribution in [0.4, 0.5) is 69.6 Å². The largest absolute Gasteiger partial charge is 0.423 e. The Morgan fingerprint density at radius 1 is 0.321 bits per heavy atom. The van der Waals surface area contributed by atoms with Gasteiger partial charge in [0.2, 0.25) is 0 Å². The van der Waals surface area contributed by atoms with E-state index in [1.165, 1.54) is 0 Å². The molecular weight excluding hydrogens is 1460 g/mol. The number of aromatic nitrogens is 12. The second-order valence-corrected chi connectivity index (χ2v) is 33.6. The summed E-state index contributed by atoms with van der Waals surface area (Å²) in [4.78, 5) is 46.4. The molecule has 0 aliphatic rings. The average Bonchev–Trinajstić information content (AvgIpc) is 1.67. The fourth-order valence-corrected chi connectivity index (χ4v) is 13.1. The molecule has 0 saturated carbocycles. The van der Waals surface area contributed by atoms with Gasteiger partial charge in [-0.2, -0.15) is 0 Å². The van der Waals surface area contributed by atoms with Crippen molar-refractivity contribution in [3.63, 3.8) is 0 Å². The van der Waals surface area contributed by atoms with Crippen LogP contribution in [-0.4, -0.2) is 125 Å². The summed E-state index contributed by atoms with van der Waals surface area (Å²) in [6.45, 7) is 0. The van der Waals surface area contributed by atoms with E-state index in [1.807, 2.05) is 156 Å². The molecule has 109 heavy (non-hydrogen) atoms. The summed E-state index contributed by atoms with van der Waals surface area (Å²) in [5, 5.41) is 15.4. The van der Waals surface area contributed by atoms with Crippen molar-refractivity contribution in [3.8, 4) is 56.7 Å². The number of fused-ring (bicyclic) bond motifs is 3. The summed E-state index contributed by atoms with van der Waals surface area (Å²) in [5.74, 6) is 16.8. The number of hydrogen-bond donors (Lipinski definition) is 8. The van der Waals surface area contributed by atoms with E-state index in [0.29, 0.717) is 75.5 Å². The number of nitrogens with zero attached hydrogens (tertiary/aromatic N) is 12. The molecule has 16 rings (SSSR count). The van der Waals surface area contributed by atoms with Crippen LogP contribution in [0.3, 0.4) is 0 Å². The summed E-state index contributed by atoms with van der Waals surface area (Å²) in [7, 11) is -9.38. The maximum atomic E-state index is 11.8. The second-order valence-electron chi connectivity index (χ2n) is 24.7. The van der Waals surface area contributed by atoms with Crippen LogP contribution in [0.1, 0.15) is 0 Å². The summed E-state index contributed by atoms with van der Waals surface area (Å²) in [5.41, 5.74) is 12.8. The number of pyridine rings is 5. The van der Waals surface area contributed by atoms with E-state index in [4.69, 9.17) is 17.7 Å². The topological polar surface area (TPSA) is 363 Å². The first-order chi connectivity index (χ1) is 52.4. The predicted octanol–water partition coefficient (Wildman–Crippen LogP) is 15.0. The van der Waals surface area contributed by atoms with Gasteiger partial charge in [-0.05, 0) is 149 Å². The zero-order valence-corrected chi connectivity index (χ0v) is 62.1. The average molecular weight is 1530 g/mol. The molecule has 0 radical (unpaired) electrons. The molecule has 0 aliphatic heterocycles. The van der Waals surface area contributed by atoms with Crippen molar-refractivity contribution in [1.29, 1.82) is 0 Å². The lowest BCUT2D eigenvalue weighted by Gasteiger charge is -2.09. The van der Waals surface area contributed by atoms with E-state index in [-0.39, 0.29) is 0 Å². The lowest BCUT2D eigenvalue weighted by molar-refractivity contribution is 0.589. The van der Waals surface area contributed by atoms with Crippen molar-refractivity contribution >= 4 is 159 Å². The number of rotatable bonds is 21. The molecule has 5 aromatic carbocycles. The predicted molar refractivity (Wildman–Crippen MR) is 442 cm³/mol. The third kappa shape index (κ3) is 20.9. The molecule has 11 heterocycles. The molecule has 0 fully saturated rings. The van der Waals surface area contributed by atoms with Crippen molar-refractivity contribution in [2.24, 2.45) is 0 Å². The van der Waals surface area contributed by atoms with Gasteiger partial charge in [-0.3, -0.25) is 34.3 Å². The SMILES string of the molecule is C=S(C)(=O)Nc1cccc(Nc2ncc(-c3cc4ccncc4cn3)o2)c1.C=S(C)(=O)Nc1cccc(Nc2ncc(-c3ccc(-c4ccncc4)cc3)o2)c1.C=S(C)(=O)Nc1cccc(Nc2ncc(-c3cnc4cnccc4c3)o2)c1.C=S(C)(=O)Nc1cccc(Nc2ncc(-c3cnc4cnccn34)o2)c1. The minimum atomic E-state index is -2.35. The number of oxazole rings is 4. The molecule has 0 spiro atoms. The van der Waals surface area contributed by atoms with Crippen LogP contribution in [-0.2, 0) is 38.8 Å². The quantitative estimate of drug-likeness (QED) is 0.0310. The van der Waals surface area contributed by atoms with Crippen LogP contribution in [0.2, 0.25) is 0 Å². The lowest BCUT2D eigenvalue weighted by atomic mass is 10.0. The molecule has 11 aromatic heterocycles. The summed E-state index contributed by atoms with van der Waals surface area (Å²) < 4.78 is 83.7. The van der Waals surface area contributed by atoms with E-state index >= 15 is 0 Å². The Morgan fingerprint density at radius 3 is 1.25 bits per heavy atom. The van der Waals surface area contributed by atoms with Crippen molar-refractivity contribution in [3.05, 3.63) is 257 Å². The molecule has 0 bridgehead atoms. The minimum Gasteiger partial charge on any atom is -0.423 e. The molecular formula is C77H70N20O8S4.